The van der Waals surface area contributed by atoms with Gasteiger partial charge in [0.15, 0.2) is 0 Å². The molecule has 116 valence electrons. The van der Waals surface area contributed by atoms with Crippen molar-refractivity contribution in [3.8, 4) is 0 Å². The second-order valence-corrected chi connectivity index (χ2v) is 5.95. The van der Waals surface area contributed by atoms with E-state index in [4.69, 9.17) is 10.5 Å². The second kappa shape index (κ2) is 7.06. The molecule has 6 nitrogen and oxygen atoms in total. The molecule has 2 N–H and O–H groups in total. The first kappa shape index (κ1) is 16.9. The zero-order chi connectivity index (χ0) is 16.0. The molecule has 1 amide bonds. The van der Waals surface area contributed by atoms with E-state index in [0.29, 0.717) is 6.42 Å². The van der Waals surface area contributed by atoms with Gasteiger partial charge in [-0.05, 0) is 34.1 Å². The molecule has 1 heterocycles. The van der Waals surface area contributed by atoms with Crippen molar-refractivity contribution in [2.45, 2.75) is 45.8 Å². The molecule has 1 atom stereocenters. The van der Waals surface area contributed by atoms with Gasteiger partial charge >= 0.3 is 6.09 Å². The SMILES string of the molecule is CC(C/C=C/c1cnc(N)nc1)N(C)C(=O)OC(C)(C)C. The van der Waals surface area contributed by atoms with Gasteiger partial charge in [0, 0.05) is 31.0 Å². The van der Waals surface area contributed by atoms with Gasteiger partial charge in [-0.3, -0.25) is 0 Å². The minimum absolute atomic E-state index is 0.0331. The van der Waals surface area contributed by atoms with Gasteiger partial charge < -0.3 is 15.4 Å². The van der Waals surface area contributed by atoms with Gasteiger partial charge in [-0.15, -0.1) is 0 Å². The molecular weight excluding hydrogens is 268 g/mol. The van der Waals surface area contributed by atoms with Crippen molar-refractivity contribution in [1.29, 1.82) is 0 Å². The van der Waals surface area contributed by atoms with Crippen LogP contribution in [0.3, 0.4) is 0 Å². The Bertz CT molecular complexity index is 491. The zero-order valence-electron chi connectivity index (χ0n) is 13.3. The van der Waals surface area contributed by atoms with E-state index in [2.05, 4.69) is 9.97 Å². The first-order valence-electron chi connectivity index (χ1n) is 6.89. The van der Waals surface area contributed by atoms with Crippen molar-refractivity contribution in [3.63, 3.8) is 0 Å². The Labute approximate surface area is 126 Å². The minimum atomic E-state index is -0.484. The van der Waals surface area contributed by atoms with Crippen molar-refractivity contribution in [3.05, 3.63) is 24.0 Å². The summed E-state index contributed by atoms with van der Waals surface area (Å²) in [6, 6.07) is 0.0331. The zero-order valence-corrected chi connectivity index (χ0v) is 13.3. The van der Waals surface area contributed by atoms with Gasteiger partial charge in [0.2, 0.25) is 5.95 Å². The normalized spacial score (nSPS) is 13.2. The van der Waals surface area contributed by atoms with Gasteiger partial charge in [0.25, 0.3) is 0 Å². The lowest BCUT2D eigenvalue weighted by Crippen LogP contribution is -2.39. The quantitative estimate of drug-likeness (QED) is 0.922. The Kier molecular flexibility index (Phi) is 5.69. The number of nitrogens with zero attached hydrogens (tertiary/aromatic N) is 3. The number of nitrogen functional groups attached to an aromatic ring is 1. The van der Waals surface area contributed by atoms with Crippen molar-refractivity contribution >= 4 is 18.1 Å². The van der Waals surface area contributed by atoms with Crippen molar-refractivity contribution in [2.75, 3.05) is 12.8 Å². The van der Waals surface area contributed by atoms with Gasteiger partial charge in [0.1, 0.15) is 5.60 Å². The Morgan fingerprint density at radius 1 is 1.43 bits per heavy atom. The van der Waals surface area contributed by atoms with Crippen LogP contribution in [0, 0.1) is 0 Å². The number of aromatic nitrogens is 2. The molecule has 1 unspecified atom stereocenters. The Balaban J connectivity index is 2.50. The summed E-state index contributed by atoms with van der Waals surface area (Å²) < 4.78 is 5.33. The van der Waals surface area contributed by atoms with Crippen LogP contribution in [0.4, 0.5) is 10.7 Å². The number of anilines is 1. The minimum Gasteiger partial charge on any atom is -0.444 e. The number of amides is 1. The summed E-state index contributed by atoms with van der Waals surface area (Å²) in [4.78, 5) is 21.3. The molecule has 0 bridgehead atoms. The van der Waals surface area contributed by atoms with Crippen LogP contribution in [0.5, 0.6) is 0 Å². The first-order chi connectivity index (χ1) is 9.69. The van der Waals surface area contributed by atoms with Gasteiger partial charge in [-0.2, -0.15) is 0 Å². The second-order valence-electron chi connectivity index (χ2n) is 5.95. The standard InChI is InChI=1S/C15H24N4O2/c1-11(19(5)14(20)21-15(2,3)4)7-6-8-12-9-17-13(16)18-10-12/h6,8-11H,7H2,1-5H3,(H2,16,17,18)/b8-6+. The highest BCUT2D eigenvalue weighted by Crippen LogP contribution is 2.12. The average Bonchev–Trinajstić information content (AvgIpc) is 2.38. The largest absolute Gasteiger partial charge is 0.444 e. The molecular formula is C15H24N4O2. The summed E-state index contributed by atoms with van der Waals surface area (Å²) in [5, 5.41) is 0. The first-order valence-corrected chi connectivity index (χ1v) is 6.89. The molecule has 0 saturated heterocycles. The molecule has 0 aliphatic rings. The highest BCUT2D eigenvalue weighted by Gasteiger charge is 2.22. The highest BCUT2D eigenvalue weighted by molar-refractivity contribution is 5.68. The van der Waals surface area contributed by atoms with E-state index in [9.17, 15) is 4.79 Å². The number of hydrogen-bond donors (Lipinski definition) is 1. The van der Waals surface area contributed by atoms with Crippen LogP contribution in [-0.2, 0) is 4.74 Å². The number of carbonyl (C=O) groups is 1. The summed E-state index contributed by atoms with van der Waals surface area (Å²) in [7, 11) is 1.74. The number of ether oxygens (including phenoxy) is 1. The fourth-order valence-corrected chi connectivity index (χ4v) is 1.51. The number of hydrogen-bond acceptors (Lipinski definition) is 5. The van der Waals surface area contributed by atoms with Crippen molar-refractivity contribution in [2.24, 2.45) is 0 Å². The van der Waals surface area contributed by atoms with E-state index < -0.39 is 5.60 Å². The molecule has 0 saturated carbocycles. The maximum absolute atomic E-state index is 11.9. The van der Waals surface area contributed by atoms with E-state index in [1.54, 1.807) is 24.3 Å². The topological polar surface area (TPSA) is 81.3 Å². The molecule has 6 heteroatoms. The van der Waals surface area contributed by atoms with Crippen LogP contribution >= 0.6 is 0 Å². The molecule has 0 aromatic carbocycles. The van der Waals surface area contributed by atoms with E-state index in [1.807, 2.05) is 39.8 Å². The molecule has 21 heavy (non-hydrogen) atoms. The molecule has 0 radical (unpaired) electrons. The predicted molar refractivity (Wildman–Crippen MR) is 83.6 cm³/mol. The molecule has 0 spiro atoms. The number of nitrogens with two attached hydrogens (primary N) is 1. The summed E-state index contributed by atoms with van der Waals surface area (Å²) in [5.74, 6) is 0.255. The molecule has 1 aromatic rings. The summed E-state index contributed by atoms with van der Waals surface area (Å²) in [5.41, 5.74) is 5.81. The maximum atomic E-state index is 11.9. The maximum Gasteiger partial charge on any atom is 0.410 e. The third-order valence-corrected chi connectivity index (χ3v) is 2.82. The molecule has 1 aromatic heterocycles. The summed E-state index contributed by atoms with van der Waals surface area (Å²) >= 11 is 0. The smallest absolute Gasteiger partial charge is 0.410 e. The van der Waals surface area contributed by atoms with Crippen LogP contribution in [0.2, 0.25) is 0 Å². The molecule has 0 aliphatic heterocycles. The van der Waals surface area contributed by atoms with E-state index >= 15 is 0 Å². The number of carbonyl (C=O) groups excluding carboxylic acids is 1. The van der Waals surface area contributed by atoms with Crippen molar-refractivity contribution < 1.29 is 9.53 Å². The lowest BCUT2D eigenvalue weighted by Gasteiger charge is -2.28. The highest BCUT2D eigenvalue weighted by atomic mass is 16.6. The van der Waals surface area contributed by atoms with Crippen LogP contribution in [0.15, 0.2) is 18.5 Å². The fraction of sp³-hybridized carbons (Fsp3) is 0.533. The summed E-state index contributed by atoms with van der Waals surface area (Å²) in [6.07, 6.45) is 7.57. The van der Waals surface area contributed by atoms with Crippen LogP contribution in [0.25, 0.3) is 6.08 Å². The summed E-state index contributed by atoms with van der Waals surface area (Å²) in [6.45, 7) is 7.52. The van der Waals surface area contributed by atoms with Crippen LogP contribution < -0.4 is 5.73 Å². The Morgan fingerprint density at radius 3 is 2.52 bits per heavy atom. The molecule has 0 fully saturated rings. The molecule has 0 aliphatic carbocycles. The Hall–Kier alpha value is -2.11. The van der Waals surface area contributed by atoms with Crippen LogP contribution in [-0.4, -0.2) is 39.7 Å². The third kappa shape index (κ3) is 6.25. The van der Waals surface area contributed by atoms with E-state index in [0.717, 1.165) is 5.56 Å². The fourth-order valence-electron chi connectivity index (χ4n) is 1.51. The van der Waals surface area contributed by atoms with Gasteiger partial charge in [0.05, 0.1) is 0 Å². The lowest BCUT2D eigenvalue weighted by atomic mass is 10.2. The average molecular weight is 292 g/mol. The molecule has 1 rings (SSSR count). The Morgan fingerprint density at radius 2 is 2.00 bits per heavy atom. The van der Waals surface area contributed by atoms with Gasteiger partial charge in [-0.1, -0.05) is 12.2 Å². The number of rotatable bonds is 4. The third-order valence-electron chi connectivity index (χ3n) is 2.82. The lowest BCUT2D eigenvalue weighted by molar-refractivity contribution is 0.0238. The van der Waals surface area contributed by atoms with Crippen LogP contribution in [0.1, 0.15) is 39.7 Å². The van der Waals surface area contributed by atoms with Crippen molar-refractivity contribution in [1.82, 2.24) is 14.9 Å². The van der Waals surface area contributed by atoms with E-state index in [-0.39, 0.29) is 18.1 Å². The van der Waals surface area contributed by atoms with E-state index in [1.165, 1.54) is 0 Å². The monoisotopic (exact) mass is 292 g/mol. The van der Waals surface area contributed by atoms with Gasteiger partial charge in [-0.25, -0.2) is 14.8 Å². The predicted octanol–water partition coefficient (Wildman–Crippen LogP) is 2.72.